The molecule has 0 bridgehead atoms. The molecule has 0 radical (unpaired) electrons. The number of pyridine rings is 1. The number of sulfone groups is 1. The van der Waals surface area contributed by atoms with Gasteiger partial charge in [-0.25, -0.2) is 35.3 Å². The molecule has 2 N–H and O–H groups in total. The van der Waals surface area contributed by atoms with Crippen LogP contribution < -0.4 is 10.0 Å². The summed E-state index contributed by atoms with van der Waals surface area (Å²) in [5.74, 6) is -8.56. The maximum absolute atomic E-state index is 16.2. The number of nitrogens with zero attached hydrogens (tertiary/aromatic N) is 6. The normalized spacial score (nSPS) is 18.2. The second kappa shape index (κ2) is 15.6. The van der Waals surface area contributed by atoms with Crippen molar-refractivity contribution in [3.63, 3.8) is 0 Å². The predicted octanol–water partition coefficient (Wildman–Crippen LogP) is 7.64. The molecule has 1 unspecified atom stereocenters. The van der Waals surface area contributed by atoms with Gasteiger partial charge in [0.2, 0.25) is 15.9 Å². The van der Waals surface area contributed by atoms with Gasteiger partial charge in [-0.2, -0.15) is 45.3 Å². The van der Waals surface area contributed by atoms with Crippen molar-refractivity contribution in [1.29, 1.82) is 0 Å². The number of anilines is 1. The average molecular weight is 982 g/mol. The van der Waals surface area contributed by atoms with Crippen LogP contribution in [0.2, 0.25) is 5.02 Å². The van der Waals surface area contributed by atoms with Gasteiger partial charge in [-0.05, 0) is 74.4 Å². The molecule has 65 heavy (non-hydrogen) atoms. The zero-order chi connectivity index (χ0) is 48.3. The largest absolute Gasteiger partial charge is 0.435 e. The smallest absolute Gasteiger partial charge is 0.368 e. The van der Waals surface area contributed by atoms with Crippen LogP contribution in [0.3, 0.4) is 0 Å². The number of amides is 1. The van der Waals surface area contributed by atoms with E-state index in [4.69, 9.17) is 17.3 Å². The molecule has 12 nitrogen and oxygen atoms in total. The van der Waals surface area contributed by atoms with Crippen molar-refractivity contribution in [2.75, 3.05) is 23.9 Å². The third kappa shape index (κ3) is 8.73. The number of alkyl halides is 8. The SMILES string of the molecule is CN(c1nn(CC(F)(F)F)c2c(-c3ccc(C#CC(C)(C)S(C)(=O)=O)nc3[C@@H](Cc3cc(F)cc(F)c3)C(C(N)=O)n3nc(C(F)(F)F)c4c3C(F)(F)[C@@H]3C[C@H]43)ccc(Cl)c12)S(C)(=O)=O. The summed E-state index contributed by atoms with van der Waals surface area (Å²) in [5.41, 5.74) is -0.550. The highest BCUT2D eigenvalue weighted by Gasteiger charge is 2.69. The van der Waals surface area contributed by atoms with Crippen LogP contribution in [0, 0.1) is 29.4 Å². The molecule has 0 saturated heterocycles. The number of primary amides is 1. The molecule has 1 fully saturated rings. The van der Waals surface area contributed by atoms with Gasteiger partial charge in [0, 0.05) is 47.9 Å². The predicted molar refractivity (Wildman–Crippen MR) is 216 cm³/mol. The summed E-state index contributed by atoms with van der Waals surface area (Å²) in [7, 11) is -7.21. The molecule has 4 atom stereocenters. The van der Waals surface area contributed by atoms with Gasteiger partial charge in [-0.3, -0.25) is 13.8 Å². The lowest BCUT2D eigenvalue weighted by atomic mass is 9.84. The first kappa shape index (κ1) is 47.5. The zero-order valence-corrected chi connectivity index (χ0v) is 36.6. The number of hydrogen-bond donors (Lipinski definition) is 1. The van der Waals surface area contributed by atoms with Crippen molar-refractivity contribution in [2.45, 2.75) is 74.1 Å². The van der Waals surface area contributed by atoms with Crippen LogP contribution in [0.25, 0.3) is 22.0 Å². The minimum Gasteiger partial charge on any atom is -0.368 e. The lowest BCUT2D eigenvalue weighted by Gasteiger charge is -2.29. The molecule has 2 aliphatic carbocycles. The number of carbonyl (C=O) groups is 1. The summed E-state index contributed by atoms with van der Waals surface area (Å²) in [6.07, 6.45) is -10.0. The van der Waals surface area contributed by atoms with Crippen LogP contribution in [0.15, 0.2) is 42.5 Å². The number of benzene rings is 2. The molecule has 0 aliphatic heterocycles. The second-order valence-electron chi connectivity index (χ2n) is 16.4. The van der Waals surface area contributed by atoms with Crippen molar-refractivity contribution in [3.05, 3.63) is 93.0 Å². The summed E-state index contributed by atoms with van der Waals surface area (Å²) in [6.45, 7) is 0.579. The summed E-state index contributed by atoms with van der Waals surface area (Å²) >= 11 is 6.55. The molecule has 1 saturated carbocycles. The van der Waals surface area contributed by atoms with E-state index in [1.807, 2.05) is 0 Å². The van der Waals surface area contributed by atoms with Crippen LogP contribution in [-0.4, -0.2) is 77.8 Å². The lowest BCUT2D eigenvalue weighted by molar-refractivity contribution is -0.143. The highest BCUT2D eigenvalue weighted by Crippen LogP contribution is 2.69. The van der Waals surface area contributed by atoms with E-state index in [1.54, 1.807) is 0 Å². The summed E-state index contributed by atoms with van der Waals surface area (Å²) in [4.78, 5) is 18.4. The Hall–Kier alpha value is -5.41. The molecule has 3 aromatic heterocycles. The van der Waals surface area contributed by atoms with Crippen molar-refractivity contribution >= 4 is 54.1 Å². The fraction of sp³-hybridized carbons (Fsp3) is 0.400. The van der Waals surface area contributed by atoms with E-state index in [9.17, 15) is 56.8 Å². The van der Waals surface area contributed by atoms with Crippen LogP contribution in [0.1, 0.15) is 72.0 Å². The van der Waals surface area contributed by atoms with Crippen LogP contribution in [0.5, 0.6) is 0 Å². The highest BCUT2D eigenvalue weighted by molar-refractivity contribution is 7.92. The summed E-state index contributed by atoms with van der Waals surface area (Å²) in [5, 5.41) is 6.75. The minimum atomic E-state index is -5.36. The molecular formula is C40H34ClF10N7O5S2. The van der Waals surface area contributed by atoms with Gasteiger partial charge in [0.15, 0.2) is 21.3 Å². The molecule has 1 amide bonds. The van der Waals surface area contributed by atoms with Crippen LogP contribution >= 0.6 is 11.6 Å². The maximum Gasteiger partial charge on any atom is 0.435 e. The topological polar surface area (TPSA) is 163 Å². The monoisotopic (exact) mass is 981 g/mol. The summed E-state index contributed by atoms with van der Waals surface area (Å²) in [6, 6.07) is 3.99. The van der Waals surface area contributed by atoms with E-state index in [0.717, 1.165) is 56.0 Å². The van der Waals surface area contributed by atoms with Gasteiger partial charge >= 0.3 is 12.4 Å². The third-order valence-corrected chi connectivity index (χ3v) is 14.8. The van der Waals surface area contributed by atoms with Gasteiger partial charge in [-0.15, -0.1) is 0 Å². The first-order valence-corrected chi connectivity index (χ1v) is 23.1. The Labute approximate surface area is 368 Å². The molecular weight excluding hydrogens is 948 g/mol. The van der Waals surface area contributed by atoms with E-state index in [-0.39, 0.29) is 43.9 Å². The number of aromatic nitrogens is 5. The van der Waals surface area contributed by atoms with Crippen molar-refractivity contribution in [1.82, 2.24) is 24.5 Å². The number of rotatable bonds is 11. The standard InChI is InChI=1S/C40H34ClF10N7O5S2/c1-37(2,64(4,60)61)11-10-21-6-7-22(23-8-9-27(41)29-31(23)57(17-38(44,45)46)55-36(29)56(3)65(5,62)63)30(53-21)25(14-18-12-19(42)15-20(43)13-18)32(35(52)59)58-34-28(33(54-58)40(49,50)51)24-16-26(24)39(34,47)48/h6-9,12-13,15,24-26,32H,14,16-17H2,1-5H3,(H2,52,59)/t24-,25+,26+,32?/m0/s1. The molecule has 3 heterocycles. The Kier molecular flexibility index (Phi) is 11.4. The van der Waals surface area contributed by atoms with E-state index in [1.165, 1.54) is 13.8 Å². The fourth-order valence-electron chi connectivity index (χ4n) is 7.96. The number of nitrogens with two attached hydrogens (primary N) is 1. The Morgan fingerprint density at radius 2 is 1.60 bits per heavy atom. The van der Waals surface area contributed by atoms with Crippen LogP contribution in [0.4, 0.5) is 49.7 Å². The summed E-state index contributed by atoms with van der Waals surface area (Å²) < 4.78 is 199. The van der Waals surface area contributed by atoms with Gasteiger partial charge in [0.05, 0.1) is 27.9 Å². The fourth-order valence-corrected chi connectivity index (χ4v) is 8.88. The highest BCUT2D eigenvalue weighted by atomic mass is 35.5. The Morgan fingerprint density at radius 3 is 2.15 bits per heavy atom. The van der Waals surface area contributed by atoms with E-state index < -0.39 is 131 Å². The molecule has 348 valence electrons. The second-order valence-corrected chi connectivity index (χ2v) is 21.4. The minimum absolute atomic E-state index is 0.105. The van der Waals surface area contributed by atoms with Crippen LogP contribution in [-0.2, 0) is 49.7 Å². The number of sulfonamides is 1. The Bertz CT molecular complexity index is 3080. The van der Waals surface area contributed by atoms with Gasteiger partial charge in [0.25, 0.3) is 5.92 Å². The van der Waals surface area contributed by atoms with Gasteiger partial charge < -0.3 is 5.73 Å². The van der Waals surface area contributed by atoms with Gasteiger partial charge in [0.1, 0.15) is 40.4 Å². The molecule has 0 spiro atoms. The Morgan fingerprint density at radius 1 is 0.985 bits per heavy atom. The number of hydrogen-bond acceptors (Lipinski definition) is 8. The lowest BCUT2D eigenvalue weighted by Crippen LogP contribution is -2.37. The van der Waals surface area contributed by atoms with Crippen molar-refractivity contribution < 1.29 is 65.5 Å². The van der Waals surface area contributed by atoms with E-state index >= 15 is 8.78 Å². The molecule has 2 aliphatic rings. The molecule has 25 heteroatoms. The van der Waals surface area contributed by atoms with Gasteiger partial charge in [-0.1, -0.05) is 23.6 Å². The maximum atomic E-state index is 16.2. The molecule has 7 rings (SSSR count). The zero-order valence-electron chi connectivity index (χ0n) is 34.2. The first-order valence-electron chi connectivity index (χ1n) is 19.0. The Balaban J connectivity index is 1.62. The number of halogens is 11. The van der Waals surface area contributed by atoms with E-state index in [2.05, 4.69) is 27.0 Å². The average Bonchev–Trinajstić information content (AvgIpc) is 3.64. The quantitative estimate of drug-likeness (QED) is 0.104. The van der Waals surface area contributed by atoms with Crippen molar-refractivity contribution in [3.8, 4) is 23.0 Å². The number of carbonyl (C=O) groups excluding carboxylic acids is 1. The van der Waals surface area contributed by atoms with Crippen molar-refractivity contribution in [2.24, 2.45) is 11.7 Å². The first-order chi connectivity index (χ1) is 29.7. The molecule has 2 aromatic carbocycles. The molecule has 5 aromatic rings. The number of fused-ring (bicyclic) bond motifs is 4. The third-order valence-electron chi connectivity index (χ3n) is 11.4. The van der Waals surface area contributed by atoms with E-state index in [0.29, 0.717) is 15.1 Å².